The SMILES string of the molecule is C.CC(C)C[C@H]1NC(=O)[C@H](Cc2c[nH]c3ccccc23)NC(=O)[C@@H](C(C)C)NC(=O)[C@@H]2CSC(N2)[C@H](C(C)C)NC(=O)[C@@H](C(C)C)NC(=O)[C@H](C(C)C)NC1=O. The van der Waals surface area contributed by atoms with Crippen molar-refractivity contribution in [3.63, 3.8) is 0 Å². The van der Waals surface area contributed by atoms with Crippen LogP contribution in [0.5, 0.6) is 0 Å². The Morgan fingerprint density at radius 2 is 1.11 bits per heavy atom. The summed E-state index contributed by atoms with van der Waals surface area (Å²) in [5.74, 6) is -3.58. The van der Waals surface area contributed by atoms with Crippen LogP contribution in [0.15, 0.2) is 30.5 Å². The van der Waals surface area contributed by atoms with E-state index in [1.165, 1.54) is 11.8 Å². The average molecular weight is 799 g/mol. The highest BCUT2D eigenvalue weighted by Gasteiger charge is 2.41. The number of para-hydroxylation sites is 1. The number of nitrogens with one attached hydrogen (secondary N) is 8. The van der Waals surface area contributed by atoms with E-state index < -0.39 is 65.9 Å². The van der Waals surface area contributed by atoms with Crippen LogP contribution in [0, 0.1) is 29.6 Å². The molecule has 2 bridgehead atoms. The molecule has 0 spiro atoms. The second kappa shape index (κ2) is 20.4. The molecule has 14 nitrogen and oxygen atoms in total. The molecule has 1 aromatic carbocycles. The third kappa shape index (κ3) is 11.7. The van der Waals surface area contributed by atoms with Crippen LogP contribution < -0.4 is 37.2 Å². The van der Waals surface area contributed by atoms with Gasteiger partial charge in [0.05, 0.1) is 17.5 Å². The molecule has 15 heteroatoms. The molecule has 2 aromatic rings. The number of amides is 6. The van der Waals surface area contributed by atoms with Gasteiger partial charge in [-0.2, -0.15) is 0 Å². The van der Waals surface area contributed by atoms with Crippen molar-refractivity contribution in [2.75, 3.05) is 5.75 Å². The Hall–Kier alpha value is -4.11. The molecule has 1 unspecified atom stereocenters. The summed E-state index contributed by atoms with van der Waals surface area (Å²) in [7, 11) is 0. The lowest BCUT2D eigenvalue weighted by molar-refractivity contribution is -0.136. The summed E-state index contributed by atoms with van der Waals surface area (Å²) in [6, 6.07) is 1.52. The molecule has 0 saturated carbocycles. The minimum absolute atomic E-state index is 0. The zero-order chi connectivity index (χ0) is 40.7. The Morgan fingerprint density at radius 3 is 1.68 bits per heavy atom. The lowest BCUT2D eigenvalue weighted by atomic mass is 9.97. The van der Waals surface area contributed by atoms with Crippen molar-refractivity contribution in [2.45, 2.75) is 137 Å². The molecule has 3 heterocycles. The summed E-state index contributed by atoms with van der Waals surface area (Å²) in [5.41, 5.74) is 1.65. The molecule has 1 aromatic heterocycles. The van der Waals surface area contributed by atoms with Crippen LogP contribution in [0.3, 0.4) is 0 Å². The van der Waals surface area contributed by atoms with E-state index in [9.17, 15) is 28.8 Å². The van der Waals surface area contributed by atoms with Crippen molar-refractivity contribution in [3.8, 4) is 0 Å². The molecule has 6 amide bonds. The van der Waals surface area contributed by atoms with Crippen LogP contribution in [0.2, 0.25) is 0 Å². The van der Waals surface area contributed by atoms with Crippen molar-refractivity contribution in [1.82, 2.24) is 42.2 Å². The summed E-state index contributed by atoms with van der Waals surface area (Å²) in [6.45, 7) is 18.7. The predicted molar refractivity (Wildman–Crippen MR) is 222 cm³/mol. The topological polar surface area (TPSA) is 202 Å². The third-order valence-electron chi connectivity index (χ3n) is 10.3. The Balaban J connectivity index is 0.00000841. The first-order chi connectivity index (χ1) is 25.9. The third-order valence-corrected chi connectivity index (χ3v) is 11.6. The van der Waals surface area contributed by atoms with E-state index in [1.54, 1.807) is 20.0 Å². The summed E-state index contributed by atoms with van der Waals surface area (Å²) >= 11 is 1.50. The molecule has 56 heavy (non-hydrogen) atoms. The number of carbonyl (C=O) groups excluding carboxylic acids is 6. The van der Waals surface area contributed by atoms with Crippen molar-refractivity contribution < 1.29 is 28.8 Å². The van der Waals surface area contributed by atoms with Gasteiger partial charge in [-0.3, -0.25) is 34.1 Å². The first-order valence-corrected chi connectivity index (χ1v) is 20.7. The van der Waals surface area contributed by atoms with Gasteiger partial charge in [-0.1, -0.05) is 94.9 Å². The standard InChI is InChI=1S/C40H62N8O6S.CH4/c1-19(2)15-27-35(50)45-31(21(5)6)38(53)47-32(22(7)8)39(54)48-33(23(9)10)40-44-29(18-55-40)36(51)46-30(20(3)4)37(52)43-28(34(49)42-27)16-24-17-41-26-14-12-11-13-25(24)26;/h11-14,17,19-23,27-33,40-41,44H,15-16,18H2,1-10H3,(H,42,49)(H,43,52)(H,45,50)(H,46,51)(H,47,53)(H,48,54);1H4/t27-,28+,29+,30-,31+,32-,33+,40?;/m1./s1. The van der Waals surface area contributed by atoms with E-state index in [-0.39, 0.29) is 67.0 Å². The summed E-state index contributed by atoms with van der Waals surface area (Å²) in [5, 5.41) is 21.5. The zero-order valence-electron chi connectivity index (χ0n) is 33.9. The Bertz CT molecular complexity index is 1690. The second-order valence-corrected chi connectivity index (χ2v) is 17.9. The lowest BCUT2D eigenvalue weighted by Gasteiger charge is -2.32. The normalized spacial score (nSPS) is 27.7. The highest BCUT2D eigenvalue weighted by molar-refractivity contribution is 8.00. The molecular weight excluding hydrogens is 733 g/mol. The number of rotatable bonds is 8. The highest BCUT2D eigenvalue weighted by atomic mass is 32.2. The minimum Gasteiger partial charge on any atom is -0.361 e. The number of thioether (sulfide) groups is 1. The highest BCUT2D eigenvalue weighted by Crippen LogP contribution is 2.26. The molecule has 2 saturated heterocycles. The van der Waals surface area contributed by atoms with Crippen molar-refractivity contribution in [2.24, 2.45) is 29.6 Å². The Kier molecular flexibility index (Phi) is 16.8. The van der Waals surface area contributed by atoms with Crippen LogP contribution in [0.1, 0.15) is 88.6 Å². The number of carbonyl (C=O) groups is 6. The fourth-order valence-electron chi connectivity index (χ4n) is 7.02. The van der Waals surface area contributed by atoms with Gasteiger partial charge in [-0.25, -0.2) is 0 Å². The predicted octanol–water partition coefficient (Wildman–Crippen LogP) is 2.97. The van der Waals surface area contributed by atoms with Gasteiger partial charge >= 0.3 is 0 Å². The van der Waals surface area contributed by atoms with Gasteiger partial charge in [-0.05, 0) is 47.6 Å². The molecular formula is C41H66N8O6S. The van der Waals surface area contributed by atoms with E-state index in [0.29, 0.717) is 5.75 Å². The summed E-state index contributed by atoms with van der Waals surface area (Å²) in [6.07, 6.45) is 2.15. The van der Waals surface area contributed by atoms with Crippen LogP contribution in [-0.2, 0) is 35.2 Å². The maximum Gasteiger partial charge on any atom is 0.243 e. The van der Waals surface area contributed by atoms with Crippen molar-refractivity contribution in [3.05, 3.63) is 36.0 Å². The van der Waals surface area contributed by atoms with E-state index >= 15 is 0 Å². The fraction of sp³-hybridized carbons (Fsp3) is 0.659. The monoisotopic (exact) mass is 798 g/mol. The Morgan fingerprint density at radius 1 is 0.607 bits per heavy atom. The van der Waals surface area contributed by atoms with Crippen molar-refractivity contribution >= 4 is 58.1 Å². The van der Waals surface area contributed by atoms with Gasteiger partial charge in [0.2, 0.25) is 35.4 Å². The fourth-order valence-corrected chi connectivity index (χ4v) is 8.52. The first-order valence-electron chi connectivity index (χ1n) is 19.6. The minimum atomic E-state index is -1.12. The number of H-pyrrole nitrogens is 1. The number of benzene rings is 1. The first kappa shape index (κ1) is 46.3. The maximum atomic E-state index is 14.3. The van der Waals surface area contributed by atoms with Crippen molar-refractivity contribution in [1.29, 1.82) is 0 Å². The lowest BCUT2D eigenvalue weighted by Crippen LogP contribution is -2.61. The van der Waals surface area contributed by atoms with Crippen LogP contribution >= 0.6 is 11.8 Å². The average Bonchev–Trinajstić information content (AvgIpc) is 3.76. The molecule has 312 valence electrons. The quantitative estimate of drug-likeness (QED) is 0.199. The van der Waals surface area contributed by atoms with Gasteiger partial charge < -0.3 is 36.9 Å². The number of fused-ring (bicyclic) bond motifs is 3. The summed E-state index contributed by atoms with van der Waals surface area (Å²) in [4.78, 5) is 87.2. The number of hydrogen-bond donors (Lipinski definition) is 8. The van der Waals surface area contributed by atoms with Gasteiger partial charge in [0.25, 0.3) is 0 Å². The van der Waals surface area contributed by atoms with Crippen LogP contribution in [0.25, 0.3) is 10.9 Å². The van der Waals surface area contributed by atoms with Crippen LogP contribution in [0.4, 0.5) is 0 Å². The Labute approximate surface area is 336 Å². The van der Waals surface area contributed by atoms with Crippen LogP contribution in [-0.4, -0.2) is 93.8 Å². The number of aromatic nitrogens is 1. The maximum absolute atomic E-state index is 14.3. The smallest absolute Gasteiger partial charge is 0.243 e. The van der Waals surface area contributed by atoms with Gasteiger partial charge in [-0.15, -0.1) is 11.8 Å². The molecule has 8 N–H and O–H groups in total. The number of aromatic amines is 1. The van der Waals surface area contributed by atoms with E-state index in [0.717, 1.165) is 16.5 Å². The second-order valence-electron chi connectivity index (χ2n) is 16.8. The molecule has 8 atom stereocenters. The largest absolute Gasteiger partial charge is 0.361 e. The van der Waals surface area contributed by atoms with E-state index in [4.69, 9.17) is 0 Å². The van der Waals surface area contributed by atoms with Gasteiger partial charge in [0, 0.05) is 29.3 Å². The van der Waals surface area contributed by atoms with E-state index in [1.807, 2.05) is 79.7 Å². The van der Waals surface area contributed by atoms with Gasteiger partial charge in [0.15, 0.2) is 0 Å². The summed E-state index contributed by atoms with van der Waals surface area (Å²) < 4.78 is 0. The zero-order valence-corrected chi connectivity index (χ0v) is 34.7. The number of hydrogen-bond acceptors (Lipinski definition) is 8. The molecule has 0 aliphatic carbocycles. The molecule has 0 radical (unpaired) electrons. The molecule has 2 aliphatic rings. The van der Waals surface area contributed by atoms with Gasteiger partial charge in [0.1, 0.15) is 30.2 Å². The molecule has 2 fully saturated rings. The van der Waals surface area contributed by atoms with E-state index in [2.05, 4.69) is 42.2 Å². The molecule has 4 rings (SSSR count). The molecule has 2 aliphatic heterocycles.